The maximum absolute atomic E-state index is 13.8. The molecule has 0 spiro atoms. The number of halogens is 2. The van der Waals surface area contributed by atoms with E-state index in [2.05, 4.69) is 5.32 Å². The highest BCUT2D eigenvalue weighted by molar-refractivity contribution is 6.42. The summed E-state index contributed by atoms with van der Waals surface area (Å²) in [7, 11) is 1.50. The highest BCUT2D eigenvalue weighted by Gasteiger charge is 2.44. The molecule has 1 aliphatic heterocycles. The number of methoxy groups -OCH3 is 1. The zero-order valence-corrected chi connectivity index (χ0v) is 21.7. The second-order valence-corrected chi connectivity index (χ2v) is 9.10. The minimum absolute atomic E-state index is 0.0611. The summed E-state index contributed by atoms with van der Waals surface area (Å²) in [6.45, 7) is 0. The van der Waals surface area contributed by atoms with E-state index in [-0.39, 0.29) is 26.9 Å². The molecule has 0 radical (unpaired) electrons. The van der Waals surface area contributed by atoms with Crippen LogP contribution in [-0.4, -0.2) is 40.9 Å². The Labute approximate surface area is 232 Å². The molecule has 0 saturated heterocycles. The van der Waals surface area contributed by atoms with Crippen molar-refractivity contribution in [1.29, 1.82) is 0 Å². The number of carbonyl (C=O) groups excluding carboxylic acids is 3. The summed E-state index contributed by atoms with van der Waals surface area (Å²) >= 11 is 12.4. The Morgan fingerprint density at radius 3 is 2.33 bits per heavy atom. The zero-order valence-electron chi connectivity index (χ0n) is 20.2. The average molecular weight is 567 g/mol. The van der Waals surface area contributed by atoms with Gasteiger partial charge in [-0.2, -0.15) is 0 Å². The first-order chi connectivity index (χ1) is 18.6. The zero-order chi connectivity index (χ0) is 28.3. The fourth-order valence-corrected chi connectivity index (χ4v) is 4.38. The predicted octanol–water partition coefficient (Wildman–Crippen LogP) is 5.36. The number of Topliss-reactive ketones (excluding diaryl/α,β-unsaturated/α-hetero) is 1. The molecule has 1 atom stereocenters. The van der Waals surface area contributed by atoms with Crippen molar-refractivity contribution in [3.63, 3.8) is 0 Å². The van der Waals surface area contributed by atoms with Crippen molar-refractivity contribution in [2.45, 2.75) is 6.04 Å². The van der Waals surface area contributed by atoms with Crippen LogP contribution in [0.1, 0.15) is 22.0 Å². The summed E-state index contributed by atoms with van der Waals surface area (Å²) < 4.78 is 5.19. The number of amides is 2. The second kappa shape index (κ2) is 11.4. The molecule has 1 aliphatic rings. The standard InChI is InChI=1S/C28H20Cl2N2O7/c1-39-19-8-6-18(7-9-19)32-25(15-5-10-20(29)21(30)14-15)24(27(37)28(32)38)26(36)16-3-2-4-17(13-16)31-22(33)11-12-23(34)35/h2-14,25,37H,1H3,(H,31,33)(H,34,35)/b12-11-. The number of hydrogen-bond donors (Lipinski definition) is 3. The van der Waals surface area contributed by atoms with Crippen LogP contribution >= 0.6 is 23.2 Å². The molecule has 3 aromatic carbocycles. The lowest BCUT2D eigenvalue weighted by Crippen LogP contribution is -2.31. The van der Waals surface area contributed by atoms with Crippen molar-refractivity contribution < 1.29 is 34.1 Å². The van der Waals surface area contributed by atoms with Gasteiger partial charge in [0.05, 0.1) is 28.8 Å². The van der Waals surface area contributed by atoms with Gasteiger partial charge in [0.25, 0.3) is 5.91 Å². The molecule has 1 unspecified atom stereocenters. The van der Waals surface area contributed by atoms with E-state index in [1.807, 2.05) is 0 Å². The third-order valence-electron chi connectivity index (χ3n) is 5.83. The van der Waals surface area contributed by atoms with Crippen LogP contribution in [0.25, 0.3) is 0 Å². The molecule has 1 heterocycles. The molecular formula is C28H20Cl2N2O7. The Morgan fingerprint density at radius 1 is 0.974 bits per heavy atom. The van der Waals surface area contributed by atoms with Crippen molar-refractivity contribution in [3.8, 4) is 5.75 Å². The monoisotopic (exact) mass is 566 g/mol. The third kappa shape index (κ3) is 5.79. The first kappa shape index (κ1) is 27.4. The molecule has 39 heavy (non-hydrogen) atoms. The van der Waals surface area contributed by atoms with Crippen molar-refractivity contribution in [3.05, 3.63) is 111 Å². The van der Waals surface area contributed by atoms with E-state index in [4.69, 9.17) is 33.0 Å². The normalized spacial score (nSPS) is 15.1. The van der Waals surface area contributed by atoms with Crippen molar-refractivity contribution in [2.24, 2.45) is 0 Å². The highest BCUT2D eigenvalue weighted by Crippen LogP contribution is 2.43. The number of ketones is 1. The topological polar surface area (TPSA) is 133 Å². The molecule has 0 aromatic heterocycles. The molecule has 11 heteroatoms. The summed E-state index contributed by atoms with van der Waals surface area (Å²) in [5.41, 5.74) is 0.861. The number of aliphatic hydroxyl groups is 1. The van der Waals surface area contributed by atoms with Crippen molar-refractivity contribution >= 4 is 58.1 Å². The number of carboxylic acid groups (broad SMARTS) is 1. The van der Waals surface area contributed by atoms with Gasteiger partial charge < -0.3 is 20.3 Å². The first-order valence-electron chi connectivity index (χ1n) is 11.3. The predicted molar refractivity (Wildman–Crippen MR) is 146 cm³/mol. The summed E-state index contributed by atoms with van der Waals surface area (Å²) in [6.07, 6.45) is 1.50. The van der Waals surface area contributed by atoms with Gasteiger partial charge in [-0.05, 0) is 54.1 Å². The van der Waals surface area contributed by atoms with Gasteiger partial charge in [0.15, 0.2) is 11.5 Å². The van der Waals surface area contributed by atoms with E-state index < -0.39 is 35.4 Å². The number of anilines is 2. The minimum atomic E-state index is -1.29. The molecule has 3 aromatic rings. The van der Waals surface area contributed by atoms with E-state index in [0.717, 1.165) is 6.08 Å². The van der Waals surface area contributed by atoms with Gasteiger partial charge in [-0.1, -0.05) is 41.4 Å². The molecular weight excluding hydrogens is 547 g/mol. The van der Waals surface area contributed by atoms with Crippen LogP contribution in [-0.2, 0) is 14.4 Å². The Bertz CT molecular complexity index is 1550. The minimum Gasteiger partial charge on any atom is -0.503 e. The number of benzene rings is 3. The molecule has 3 N–H and O–H groups in total. The largest absolute Gasteiger partial charge is 0.503 e. The van der Waals surface area contributed by atoms with E-state index in [0.29, 0.717) is 23.1 Å². The number of nitrogens with zero attached hydrogens (tertiary/aromatic N) is 1. The molecule has 0 fully saturated rings. The molecule has 2 amide bonds. The van der Waals surface area contributed by atoms with Crippen LogP contribution < -0.4 is 15.0 Å². The molecule has 0 aliphatic carbocycles. The highest BCUT2D eigenvalue weighted by atomic mass is 35.5. The van der Waals surface area contributed by atoms with Gasteiger partial charge in [-0.3, -0.25) is 19.3 Å². The van der Waals surface area contributed by atoms with Crippen LogP contribution in [0.2, 0.25) is 10.0 Å². The van der Waals surface area contributed by atoms with Gasteiger partial charge in [0, 0.05) is 29.1 Å². The fraction of sp³-hybridized carbons (Fsp3) is 0.0714. The second-order valence-electron chi connectivity index (χ2n) is 8.28. The fourth-order valence-electron chi connectivity index (χ4n) is 4.07. The Morgan fingerprint density at radius 2 is 1.69 bits per heavy atom. The SMILES string of the molecule is COc1ccc(N2C(=O)C(O)=C(C(=O)c3cccc(NC(=O)/C=C\C(=O)O)c3)C2c2ccc(Cl)c(Cl)c2)cc1. The van der Waals surface area contributed by atoms with Crippen LogP contribution in [0.4, 0.5) is 11.4 Å². The number of carboxylic acids is 1. The van der Waals surface area contributed by atoms with Crippen molar-refractivity contribution in [2.75, 3.05) is 17.3 Å². The molecule has 198 valence electrons. The lowest BCUT2D eigenvalue weighted by molar-refractivity contribution is -0.131. The number of nitrogens with one attached hydrogen (secondary N) is 1. The average Bonchev–Trinajstić information content (AvgIpc) is 3.19. The number of aliphatic hydroxyl groups excluding tert-OH is 1. The smallest absolute Gasteiger partial charge is 0.328 e. The Balaban J connectivity index is 1.77. The lowest BCUT2D eigenvalue weighted by atomic mass is 9.92. The van der Waals surface area contributed by atoms with Crippen LogP contribution in [0.15, 0.2) is 90.2 Å². The molecule has 9 nitrogen and oxygen atoms in total. The summed E-state index contributed by atoms with van der Waals surface area (Å²) in [4.78, 5) is 51.1. The summed E-state index contributed by atoms with van der Waals surface area (Å²) in [5, 5.41) is 22.6. The maximum atomic E-state index is 13.8. The Kier molecular flexibility index (Phi) is 8.04. The summed E-state index contributed by atoms with van der Waals surface area (Å²) in [6, 6.07) is 15.9. The van der Waals surface area contributed by atoms with E-state index in [1.165, 1.54) is 48.4 Å². The third-order valence-corrected chi connectivity index (χ3v) is 6.57. The van der Waals surface area contributed by atoms with Crippen LogP contribution in [0.3, 0.4) is 0 Å². The van der Waals surface area contributed by atoms with Gasteiger partial charge >= 0.3 is 5.97 Å². The number of carbonyl (C=O) groups is 4. The number of rotatable bonds is 8. The van der Waals surface area contributed by atoms with Crippen LogP contribution in [0.5, 0.6) is 5.75 Å². The molecule has 0 saturated carbocycles. The van der Waals surface area contributed by atoms with Crippen molar-refractivity contribution in [1.82, 2.24) is 0 Å². The molecule has 4 rings (SSSR count). The Hall–Kier alpha value is -4.60. The number of aliphatic carboxylic acids is 1. The maximum Gasteiger partial charge on any atom is 0.328 e. The summed E-state index contributed by atoms with van der Waals surface area (Å²) in [5.74, 6) is -3.70. The van der Waals surface area contributed by atoms with Gasteiger partial charge in [0.2, 0.25) is 5.91 Å². The molecule has 0 bridgehead atoms. The van der Waals surface area contributed by atoms with E-state index in [9.17, 15) is 24.3 Å². The first-order valence-corrected chi connectivity index (χ1v) is 12.1. The lowest BCUT2D eigenvalue weighted by Gasteiger charge is -2.27. The van der Waals surface area contributed by atoms with Gasteiger partial charge in [-0.15, -0.1) is 0 Å². The number of hydrogen-bond acceptors (Lipinski definition) is 6. The van der Waals surface area contributed by atoms with Gasteiger partial charge in [-0.25, -0.2) is 4.79 Å². The van der Waals surface area contributed by atoms with Gasteiger partial charge in [0.1, 0.15) is 5.75 Å². The van der Waals surface area contributed by atoms with E-state index in [1.54, 1.807) is 30.3 Å². The van der Waals surface area contributed by atoms with Crippen LogP contribution in [0, 0.1) is 0 Å². The number of ether oxygens (including phenoxy) is 1. The quantitative estimate of drug-likeness (QED) is 0.246. The van der Waals surface area contributed by atoms with E-state index >= 15 is 0 Å².